The van der Waals surface area contributed by atoms with Crippen LogP contribution in [0.25, 0.3) is 16.9 Å². The summed E-state index contributed by atoms with van der Waals surface area (Å²) in [7, 11) is 0. The van der Waals surface area contributed by atoms with Crippen molar-refractivity contribution in [1.29, 1.82) is 0 Å². The molecule has 0 saturated carbocycles. The predicted molar refractivity (Wildman–Crippen MR) is 90.0 cm³/mol. The monoisotopic (exact) mass is 341 g/mol. The van der Waals surface area contributed by atoms with E-state index in [4.69, 9.17) is 12.2 Å². The zero-order valence-corrected chi connectivity index (χ0v) is 13.4. The Morgan fingerprint density at radius 3 is 2.87 bits per heavy atom. The number of hydrogen-bond acceptors (Lipinski definition) is 6. The lowest BCUT2D eigenvalue weighted by Gasteiger charge is -2.06. The van der Waals surface area contributed by atoms with Gasteiger partial charge in [0.15, 0.2) is 10.4 Å². The second-order valence-electron chi connectivity index (χ2n) is 4.68. The van der Waals surface area contributed by atoms with Gasteiger partial charge in [-0.2, -0.15) is 5.10 Å². The van der Waals surface area contributed by atoms with Crippen molar-refractivity contribution in [1.82, 2.24) is 34.7 Å². The van der Waals surface area contributed by atoms with Crippen LogP contribution in [0.3, 0.4) is 0 Å². The fourth-order valence-electron chi connectivity index (χ4n) is 2.25. The van der Waals surface area contributed by atoms with Crippen LogP contribution >= 0.6 is 24.0 Å². The summed E-state index contributed by atoms with van der Waals surface area (Å²) in [5, 5.41) is 8.02. The number of thioether (sulfide) groups is 1. The largest absolute Gasteiger partial charge is 0.341 e. The number of H-pyrrole nitrogens is 2. The molecule has 0 atom stereocenters. The molecule has 0 saturated heterocycles. The Balaban J connectivity index is 1.66. The van der Waals surface area contributed by atoms with E-state index in [-0.39, 0.29) is 0 Å². The van der Waals surface area contributed by atoms with Crippen molar-refractivity contribution in [2.75, 3.05) is 0 Å². The number of fused-ring (bicyclic) bond motifs is 1. The topological polar surface area (TPSA) is 88.1 Å². The van der Waals surface area contributed by atoms with Crippen LogP contribution in [0.5, 0.6) is 0 Å². The molecule has 23 heavy (non-hydrogen) atoms. The fourth-order valence-corrected chi connectivity index (χ4v) is 3.39. The number of benzene rings is 1. The third-order valence-corrected chi connectivity index (χ3v) is 4.54. The fraction of sp³-hybridized carbons (Fsp3) is 0.0714. The Bertz CT molecular complexity index is 1000. The van der Waals surface area contributed by atoms with Crippen molar-refractivity contribution in [3.8, 4) is 5.69 Å². The van der Waals surface area contributed by atoms with Crippen LogP contribution in [0.15, 0.2) is 48.0 Å². The van der Waals surface area contributed by atoms with Gasteiger partial charge in [-0.25, -0.2) is 15.0 Å². The SMILES string of the molecule is S=c1[nH]nc(CSc2ncnc3nc[nH]c23)n1-c1ccccc1. The molecule has 0 amide bonds. The second-order valence-corrected chi connectivity index (χ2v) is 6.04. The van der Waals surface area contributed by atoms with Crippen LogP contribution in [-0.4, -0.2) is 34.7 Å². The van der Waals surface area contributed by atoms with E-state index >= 15 is 0 Å². The van der Waals surface area contributed by atoms with E-state index in [2.05, 4.69) is 30.1 Å². The predicted octanol–water partition coefficient (Wildman–Crippen LogP) is 2.89. The van der Waals surface area contributed by atoms with Crippen molar-refractivity contribution in [3.63, 3.8) is 0 Å². The van der Waals surface area contributed by atoms with Gasteiger partial charge >= 0.3 is 0 Å². The van der Waals surface area contributed by atoms with Crippen LogP contribution < -0.4 is 0 Å². The molecule has 0 radical (unpaired) electrons. The quantitative estimate of drug-likeness (QED) is 0.337. The Kier molecular flexibility index (Phi) is 3.64. The van der Waals surface area contributed by atoms with Gasteiger partial charge in [-0.05, 0) is 24.4 Å². The van der Waals surface area contributed by atoms with Crippen LogP contribution in [0, 0.1) is 4.77 Å². The van der Waals surface area contributed by atoms with E-state index in [1.54, 1.807) is 18.1 Å². The Morgan fingerprint density at radius 2 is 2.00 bits per heavy atom. The molecule has 0 aliphatic carbocycles. The minimum Gasteiger partial charge on any atom is -0.341 e. The number of aromatic amines is 2. The molecule has 2 N–H and O–H groups in total. The van der Waals surface area contributed by atoms with E-state index in [9.17, 15) is 0 Å². The van der Waals surface area contributed by atoms with Crippen LogP contribution in [0.1, 0.15) is 5.82 Å². The van der Waals surface area contributed by atoms with Gasteiger partial charge in [0.25, 0.3) is 0 Å². The van der Waals surface area contributed by atoms with Gasteiger partial charge in [0, 0.05) is 5.69 Å². The van der Waals surface area contributed by atoms with Crippen molar-refractivity contribution >= 4 is 35.1 Å². The summed E-state index contributed by atoms with van der Waals surface area (Å²) in [6.07, 6.45) is 3.13. The molecule has 1 aromatic carbocycles. The highest BCUT2D eigenvalue weighted by Crippen LogP contribution is 2.25. The highest BCUT2D eigenvalue weighted by molar-refractivity contribution is 7.98. The van der Waals surface area contributed by atoms with Gasteiger partial charge in [0.05, 0.1) is 12.1 Å². The summed E-state index contributed by atoms with van der Waals surface area (Å²) in [5.74, 6) is 1.45. The number of para-hydroxylation sites is 1. The smallest absolute Gasteiger partial charge is 0.199 e. The standard InChI is InChI=1S/C14H11N7S2/c22-14-20-19-10(21(14)9-4-2-1-3-5-9)6-23-13-11-12(16-7-15-11)17-8-18-13/h1-5,7-8H,6H2,(H,20,22)(H,15,16,17,18). The van der Waals surface area contributed by atoms with Gasteiger partial charge in [-0.3, -0.25) is 9.67 Å². The Morgan fingerprint density at radius 1 is 1.13 bits per heavy atom. The summed E-state index contributed by atoms with van der Waals surface area (Å²) >= 11 is 6.90. The molecule has 4 rings (SSSR count). The molecular formula is C14H11N7S2. The number of imidazole rings is 1. The number of rotatable bonds is 4. The first-order valence-corrected chi connectivity index (χ1v) is 8.21. The first-order valence-electron chi connectivity index (χ1n) is 6.81. The van der Waals surface area contributed by atoms with Crippen LogP contribution in [0.2, 0.25) is 0 Å². The maximum absolute atomic E-state index is 5.34. The van der Waals surface area contributed by atoms with Gasteiger partial charge in [-0.1, -0.05) is 30.0 Å². The van der Waals surface area contributed by atoms with Gasteiger partial charge in [0.2, 0.25) is 0 Å². The minimum atomic E-state index is 0.571. The maximum atomic E-state index is 5.34. The molecule has 0 aliphatic rings. The van der Waals surface area contributed by atoms with Crippen molar-refractivity contribution in [2.45, 2.75) is 10.8 Å². The van der Waals surface area contributed by atoms with E-state index in [1.807, 2.05) is 34.9 Å². The lowest BCUT2D eigenvalue weighted by molar-refractivity contribution is 0.947. The van der Waals surface area contributed by atoms with Crippen LogP contribution in [0.4, 0.5) is 0 Å². The molecule has 7 nitrogen and oxygen atoms in total. The van der Waals surface area contributed by atoms with E-state index < -0.39 is 0 Å². The molecule has 4 aromatic rings. The zero-order valence-electron chi connectivity index (χ0n) is 11.8. The molecule has 3 aromatic heterocycles. The number of aromatic nitrogens is 7. The Hall–Kier alpha value is -2.52. The molecule has 0 spiro atoms. The van der Waals surface area contributed by atoms with Crippen molar-refractivity contribution < 1.29 is 0 Å². The lowest BCUT2D eigenvalue weighted by atomic mass is 10.3. The molecule has 9 heteroatoms. The third-order valence-electron chi connectivity index (χ3n) is 3.28. The molecule has 3 heterocycles. The lowest BCUT2D eigenvalue weighted by Crippen LogP contribution is -2.00. The normalized spacial score (nSPS) is 11.1. The van der Waals surface area contributed by atoms with Gasteiger partial charge < -0.3 is 4.98 Å². The van der Waals surface area contributed by atoms with Crippen LogP contribution in [-0.2, 0) is 5.75 Å². The summed E-state index contributed by atoms with van der Waals surface area (Å²) < 4.78 is 2.49. The van der Waals surface area contributed by atoms with Gasteiger partial charge in [0.1, 0.15) is 22.7 Å². The summed E-state index contributed by atoms with van der Waals surface area (Å²) in [4.78, 5) is 15.6. The number of nitrogens with zero attached hydrogens (tertiary/aromatic N) is 5. The summed E-state index contributed by atoms with van der Waals surface area (Å²) in [5.41, 5.74) is 2.47. The summed E-state index contributed by atoms with van der Waals surface area (Å²) in [6.45, 7) is 0. The number of nitrogens with one attached hydrogen (secondary N) is 2. The molecule has 0 unspecified atom stereocenters. The van der Waals surface area contributed by atoms with Crippen molar-refractivity contribution in [3.05, 3.63) is 53.6 Å². The molecular weight excluding hydrogens is 330 g/mol. The maximum Gasteiger partial charge on any atom is 0.199 e. The molecule has 114 valence electrons. The first kappa shape index (κ1) is 14.1. The summed E-state index contributed by atoms with van der Waals surface area (Å²) in [6, 6.07) is 9.91. The third kappa shape index (κ3) is 2.64. The van der Waals surface area contributed by atoms with E-state index in [1.165, 1.54) is 6.33 Å². The van der Waals surface area contributed by atoms with E-state index in [0.717, 1.165) is 22.1 Å². The van der Waals surface area contributed by atoms with E-state index in [0.29, 0.717) is 16.2 Å². The highest BCUT2D eigenvalue weighted by Gasteiger charge is 2.11. The molecule has 0 aliphatic heterocycles. The average Bonchev–Trinajstić information content (AvgIpc) is 3.20. The second kappa shape index (κ2) is 5.94. The van der Waals surface area contributed by atoms with Crippen molar-refractivity contribution in [2.24, 2.45) is 0 Å². The Labute approximate surface area is 140 Å². The average molecular weight is 341 g/mol. The molecule has 0 fully saturated rings. The zero-order chi connectivity index (χ0) is 15.6. The molecule has 0 bridgehead atoms. The first-order chi connectivity index (χ1) is 11.3. The minimum absolute atomic E-state index is 0.571. The number of hydrogen-bond donors (Lipinski definition) is 2. The highest BCUT2D eigenvalue weighted by atomic mass is 32.2. The van der Waals surface area contributed by atoms with Gasteiger partial charge in [-0.15, -0.1) is 0 Å².